The molecule has 4 rings (SSSR count). The van der Waals surface area contributed by atoms with Gasteiger partial charge in [0.2, 0.25) is 0 Å². The Labute approximate surface area is 141 Å². The van der Waals surface area contributed by atoms with Crippen LogP contribution in [0.15, 0.2) is 12.1 Å². The molecule has 1 aromatic carbocycles. The average molecular weight is 329 g/mol. The zero-order chi connectivity index (χ0) is 17.1. The van der Waals surface area contributed by atoms with Crippen molar-refractivity contribution in [2.45, 2.75) is 51.4 Å². The molecule has 1 aromatic rings. The van der Waals surface area contributed by atoms with Gasteiger partial charge >= 0.3 is 5.69 Å². The Hall–Kier alpha value is -1.91. The summed E-state index contributed by atoms with van der Waals surface area (Å²) in [4.78, 5) is 23.6. The quantitative estimate of drug-likeness (QED) is 0.607. The van der Waals surface area contributed by atoms with Crippen LogP contribution >= 0.6 is 0 Å². The van der Waals surface area contributed by atoms with Crippen LogP contribution in [0.25, 0.3) is 0 Å². The lowest BCUT2D eigenvalue weighted by Gasteiger charge is -2.48. The Balaban J connectivity index is 1.77. The minimum Gasteiger partial charge on any atom is -0.490 e. The summed E-state index contributed by atoms with van der Waals surface area (Å²) in [5.41, 5.74) is 1.97. The molecule has 3 aliphatic carbocycles. The summed E-state index contributed by atoms with van der Waals surface area (Å²) in [6.45, 7) is 2.15. The first-order valence-electron chi connectivity index (χ1n) is 8.85. The van der Waals surface area contributed by atoms with Crippen molar-refractivity contribution in [2.24, 2.45) is 17.3 Å². The number of nitro groups is 1. The summed E-state index contributed by atoms with van der Waals surface area (Å²) in [7, 11) is 1.48. The number of ether oxygens (including phenoxy) is 1. The van der Waals surface area contributed by atoms with Crippen molar-refractivity contribution in [1.29, 1.82) is 0 Å². The maximum atomic E-state index is 12.4. The number of carbonyl (C=O) groups excluding carboxylic acids is 1. The fourth-order valence-electron chi connectivity index (χ4n) is 5.76. The van der Waals surface area contributed by atoms with Crippen molar-refractivity contribution < 1.29 is 14.5 Å². The molecule has 2 fully saturated rings. The van der Waals surface area contributed by atoms with E-state index in [9.17, 15) is 14.9 Å². The van der Waals surface area contributed by atoms with Crippen LogP contribution in [0.1, 0.15) is 56.1 Å². The van der Waals surface area contributed by atoms with E-state index in [0.717, 1.165) is 36.8 Å². The third-order valence-electron chi connectivity index (χ3n) is 6.96. The number of rotatable bonds is 2. The summed E-state index contributed by atoms with van der Waals surface area (Å²) >= 11 is 0. The Morgan fingerprint density at radius 1 is 1.25 bits per heavy atom. The van der Waals surface area contributed by atoms with Gasteiger partial charge in [-0.3, -0.25) is 14.9 Å². The SMILES string of the molecule is COc1ccc2c(c1[N+](=O)[O-])CCC1C2CCC2(C)C(=O)CCC12. The Morgan fingerprint density at radius 2 is 2.04 bits per heavy atom. The van der Waals surface area contributed by atoms with Gasteiger partial charge in [0.25, 0.3) is 0 Å². The van der Waals surface area contributed by atoms with Crippen LogP contribution in [0, 0.1) is 27.4 Å². The molecule has 4 unspecified atom stereocenters. The molecule has 24 heavy (non-hydrogen) atoms. The van der Waals surface area contributed by atoms with Gasteiger partial charge in [-0.1, -0.05) is 13.0 Å². The van der Waals surface area contributed by atoms with Crippen LogP contribution in [-0.4, -0.2) is 17.8 Å². The van der Waals surface area contributed by atoms with Gasteiger partial charge in [0.1, 0.15) is 5.78 Å². The molecule has 5 heteroatoms. The predicted molar refractivity (Wildman–Crippen MR) is 89.3 cm³/mol. The molecule has 2 saturated carbocycles. The number of fused-ring (bicyclic) bond motifs is 5. The van der Waals surface area contributed by atoms with E-state index in [0.29, 0.717) is 42.1 Å². The van der Waals surface area contributed by atoms with E-state index in [1.807, 2.05) is 6.07 Å². The van der Waals surface area contributed by atoms with E-state index in [4.69, 9.17) is 4.74 Å². The van der Waals surface area contributed by atoms with E-state index in [1.54, 1.807) is 6.07 Å². The average Bonchev–Trinajstić information content (AvgIpc) is 2.88. The molecule has 0 spiro atoms. The van der Waals surface area contributed by atoms with Crippen LogP contribution in [0.3, 0.4) is 0 Å². The monoisotopic (exact) mass is 329 g/mol. The lowest BCUT2D eigenvalue weighted by molar-refractivity contribution is -0.386. The second kappa shape index (κ2) is 5.30. The van der Waals surface area contributed by atoms with Gasteiger partial charge < -0.3 is 4.74 Å². The molecule has 0 N–H and O–H groups in total. The molecule has 0 amide bonds. The van der Waals surface area contributed by atoms with Gasteiger partial charge in [-0.05, 0) is 61.5 Å². The van der Waals surface area contributed by atoms with Crippen molar-refractivity contribution in [3.8, 4) is 5.75 Å². The first-order valence-corrected chi connectivity index (χ1v) is 8.85. The number of benzene rings is 1. The fraction of sp³-hybridized carbons (Fsp3) is 0.632. The van der Waals surface area contributed by atoms with Crippen molar-refractivity contribution in [3.63, 3.8) is 0 Å². The topological polar surface area (TPSA) is 69.4 Å². The van der Waals surface area contributed by atoms with Crippen molar-refractivity contribution in [2.75, 3.05) is 7.11 Å². The zero-order valence-electron chi connectivity index (χ0n) is 14.2. The second-order valence-corrected chi connectivity index (χ2v) is 7.77. The molecule has 0 heterocycles. The number of methoxy groups -OCH3 is 1. The molecule has 128 valence electrons. The third-order valence-corrected chi connectivity index (χ3v) is 6.96. The van der Waals surface area contributed by atoms with E-state index >= 15 is 0 Å². The first-order chi connectivity index (χ1) is 11.5. The molecule has 0 bridgehead atoms. The highest BCUT2D eigenvalue weighted by Gasteiger charge is 2.55. The normalized spacial score (nSPS) is 34.2. The van der Waals surface area contributed by atoms with Crippen molar-refractivity contribution in [1.82, 2.24) is 0 Å². The van der Waals surface area contributed by atoms with Gasteiger partial charge in [0.15, 0.2) is 5.75 Å². The van der Waals surface area contributed by atoms with Gasteiger partial charge in [-0.25, -0.2) is 0 Å². The molecule has 0 saturated heterocycles. The van der Waals surface area contributed by atoms with Gasteiger partial charge in [0.05, 0.1) is 12.0 Å². The number of nitrogens with zero attached hydrogens (tertiary/aromatic N) is 1. The Kier molecular flexibility index (Phi) is 3.44. The lowest BCUT2D eigenvalue weighted by atomic mass is 9.55. The minimum absolute atomic E-state index is 0.143. The van der Waals surface area contributed by atoms with Crippen LogP contribution in [-0.2, 0) is 11.2 Å². The van der Waals surface area contributed by atoms with Gasteiger partial charge in [-0.2, -0.15) is 0 Å². The number of hydrogen-bond donors (Lipinski definition) is 0. The molecular formula is C19H23NO4. The Bertz CT molecular complexity index is 728. The minimum atomic E-state index is -0.302. The molecule has 0 aliphatic heterocycles. The summed E-state index contributed by atoms with van der Waals surface area (Å²) in [5, 5.41) is 11.6. The third kappa shape index (κ3) is 1.96. The van der Waals surface area contributed by atoms with Crippen LogP contribution in [0.5, 0.6) is 5.75 Å². The largest absolute Gasteiger partial charge is 0.490 e. The van der Waals surface area contributed by atoms with Crippen molar-refractivity contribution >= 4 is 11.5 Å². The first kappa shape index (κ1) is 15.6. The molecular weight excluding hydrogens is 306 g/mol. The second-order valence-electron chi connectivity index (χ2n) is 7.77. The molecule has 4 atom stereocenters. The number of ketones is 1. The molecule has 0 radical (unpaired) electrons. The summed E-state index contributed by atoms with van der Waals surface area (Å²) < 4.78 is 5.22. The van der Waals surface area contributed by atoms with Gasteiger partial charge in [0, 0.05) is 17.4 Å². The zero-order valence-corrected chi connectivity index (χ0v) is 14.2. The standard InChI is InChI=1S/C19H23NO4/c1-19-10-9-12-11-5-7-16(24-2)18(20(22)23)14(11)4-3-13(12)15(19)6-8-17(19)21/h5,7,12-13,15H,3-4,6,8-10H2,1-2H3. The predicted octanol–water partition coefficient (Wildman–Crippen LogP) is 4.03. The van der Waals surface area contributed by atoms with Crippen LogP contribution in [0.4, 0.5) is 5.69 Å². The smallest absolute Gasteiger partial charge is 0.314 e. The summed E-state index contributed by atoms with van der Waals surface area (Å²) in [6, 6.07) is 3.77. The maximum absolute atomic E-state index is 12.4. The highest BCUT2D eigenvalue weighted by molar-refractivity contribution is 5.87. The van der Waals surface area contributed by atoms with Crippen LogP contribution in [0.2, 0.25) is 0 Å². The molecule has 0 aromatic heterocycles. The van der Waals surface area contributed by atoms with E-state index < -0.39 is 0 Å². The number of hydrogen-bond acceptors (Lipinski definition) is 4. The maximum Gasteiger partial charge on any atom is 0.314 e. The van der Waals surface area contributed by atoms with E-state index in [-0.39, 0.29) is 16.0 Å². The van der Waals surface area contributed by atoms with Crippen molar-refractivity contribution in [3.05, 3.63) is 33.4 Å². The highest BCUT2D eigenvalue weighted by Crippen LogP contribution is 2.60. The van der Waals surface area contributed by atoms with E-state index in [2.05, 4.69) is 6.92 Å². The Morgan fingerprint density at radius 3 is 2.75 bits per heavy atom. The molecule has 5 nitrogen and oxygen atoms in total. The van der Waals surface area contributed by atoms with Gasteiger partial charge in [-0.15, -0.1) is 0 Å². The van der Waals surface area contributed by atoms with E-state index in [1.165, 1.54) is 7.11 Å². The van der Waals surface area contributed by atoms with Crippen LogP contribution < -0.4 is 4.74 Å². The molecule has 3 aliphatic rings. The summed E-state index contributed by atoms with van der Waals surface area (Å²) in [5.74, 6) is 2.06. The highest BCUT2D eigenvalue weighted by atomic mass is 16.6. The number of nitro benzene ring substituents is 1. The fourth-order valence-corrected chi connectivity index (χ4v) is 5.76. The lowest BCUT2D eigenvalue weighted by Crippen LogP contribution is -2.42. The summed E-state index contributed by atoms with van der Waals surface area (Å²) in [6.07, 6.45) is 5.23. The number of carbonyl (C=O) groups is 1. The number of Topliss-reactive ketones (excluding diaryl/α,β-unsaturated/α-hetero) is 1.